The summed E-state index contributed by atoms with van der Waals surface area (Å²) in [6.45, 7) is 0.852. The maximum atomic E-state index is 11.3. The summed E-state index contributed by atoms with van der Waals surface area (Å²) in [5.74, 6) is -1.94. The van der Waals surface area contributed by atoms with Crippen molar-refractivity contribution in [2.45, 2.75) is 6.42 Å². The Morgan fingerprint density at radius 2 is 2.21 bits per heavy atom. The molecule has 78 valence electrons. The first-order valence-corrected chi connectivity index (χ1v) is 4.29. The van der Waals surface area contributed by atoms with Gasteiger partial charge in [0.2, 0.25) is 5.91 Å². The molecule has 1 saturated heterocycles. The number of amides is 2. The number of carbonyl (C=O) groups excluding carboxylic acids is 3. The SMILES string of the molecule is COC(=O)C(=O)N1CCCNC(=O)C1. The molecule has 1 heterocycles. The molecule has 1 aliphatic heterocycles. The molecule has 6 heteroatoms. The number of nitrogens with zero attached hydrogens (tertiary/aromatic N) is 1. The molecular weight excluding hydrogens is 188 g/mol. The van der Waals surface area contributed by atoms with Crippen molar-refractivity contribution in [3.63, 3.8) is 0 Å². The number of ether oxygens (including phenoxy) is 1. The van der Waals surface area contributed by atoms with Crippen LogP contribution in [0.25, 0.3) is 0 Å². The van der Waals surface area contributed by atoms with Crippen molar-refractivity contribution in [3.05, 3.63) is 0 Å². The second kappa shape index (κ2) is 4.59. The molecule has 1 N–H and O–H groups in total. The van der Waals surface area contributed by atoms with Gasteiger partial charge in [0.1, 0.15) is 6.54 Å². The highest BCUT2D eigenvalue weighted by molar-refractivity contribution is 6.32. The van der Waals surface area contributed by atoms with E-state index in [1.165, 1.54) is 4.90 Å². The Labute approximate surface area is 81.2 Å². The first-order chi connectivity index (χ1) is 6.65. The van der Waals surface area contributed by atoms with E-state index in [1.807, 2.05) is 0 Å². The van der Waals surface area contributed by atoms with Crippen molar-refractivity contribution in [3.8, 4) is 0 Å². The molecule has 0 aromatic heterocycles. The van der Waals surface area contributed by atoms with Crippen LogP contribution in [0.15, 0.2) is 0 Å². The molecule has 0 saturated carbocycles. The number of carbonyl (C=O) groups is 3. The summed E-state index contributed by atoms with van der Waals surface area (Å²) < 4.78 is 4.28. The van der Waals surface area contributed by atoms with Crippen molar-refractivity contribution in [2.24, 2.45) is 0 Å². The molecule has 1 fully saturated rings. The van der Waals surface area contributed by atoms with Crippen LogP contribution >= 0.6 is 0 Å². The van der Waals surface area contributed by atoms with Gasteiger partial charge in [-0.05, 0) is 6.42 Å². The van der Waals surface area contributed by atoms with E-state index in [-0.39, 0.29) is 12.5 Å². The van der Waals surface area contributed by atoms with E-state index in [9.17, 15) is 14.4 Å². The third kappa shape index (κ3) is 2.45. The molecule has 0 atom stereocenters. The second-order valence-corrected chi connectivity index (χ2v) is 2.92. The van der Waals surface area contributed by atoms with E-state index >= 15 is 0 Å². The minimum absolute atomic E-state index is 0.0755. The van der Waals surface area contributed by atoms with Crippen molar-refractivity contribution < 1.29 is 19.1 Å². The monoisotopic (exact) mass is 200 g/mol. The summed E-state index contributed by atoms with van der Waals surface area (Å²) in [6, 6.07) is 0. The first kappa shape index (κ1) is 10.5. The Bertz CT molecular complexity index is 264. The van der Waals surface area contributed by atoms with E-state index in [0.717, 1.165) is 7.11 Å². The molecule has 1 aliphatic rings. The van der Waals surface area contributed by atoms with Gasteiger partial charge in [0, 0.05) is 13.1 Å². The van der Waals surface area contributed by atoms with Crippen LogP contribution in [-0.4, -0.2) is 49.4 Å². The fourth-order valence-corrected chi connectivity index (χ4v) is 1.20. The smallest absolute Gasteiger partial charge is 0.396 e. The molecule has 14 heavy (non-hydrogen) atoms. The fraction of sp³-hybridized carbons (Fsp3) is 0.625. The zero-order chi connectivity index (χ0) is 10.6. The third-order valence-electron chi connectivity index (χ3n) is 1.91. The van der Waals surface area contributed by atoms with Crippen LogP contribution in [0, 0.1) is 0 Å². The number of hydrogen-bond donors (Lipinski definition) is 1. The van der Waals surface area contributed by atoms with Crippen molar-refractivity contribution >= 4 is 17.8 Å². The molecule has 6 nitrogen and oxygen atoms in total. The zero-order valence-corrected chi connectivity index (χ0v) is 7.91. The molecule has 0 spiro atoms. The van der Waals surface area contributed by atoms with Crippen LogP contribution in [0.2, 0.25) is 0 Å². The lowest BCUT2D eigenvalue weighted by atomic mass is 10.4. The average Bonchev–Trinajstić information content (AvgIpc) is 2.40. The van der Waals surface area contributed by atoms with Crippen LogP contribution in [0.5, 0.6) is 0 Å². The summed E-state index contributed by atoms with van der Waals surface area (Å²) in [6.07, 6.45) is 0.647. The lowest BCUT2D eigenvalue weighted by Crippen LogP contribution is -2.41. The standard InChI is InChI=1S/C8H12N2O4/c1-14-8(13)7(12)10-4-2-3-9-6(11)5-10/h2-5H2,1H3,(H,9,11). The molecule has 0 bridgehead atoms. The Hall–Kier alpha value is -1.59. The van der Waals surface area contributed by atoms with Gasteiger partial charge in [-0.1, -0.05) is 0 Å². The predicted octanol–water partition coefficient (Wildman–Crippen LogP) is -1.49. The minimum atomic E-state index is -0.931. The van der Waals surface area contributed by atoms with Gasteiger partial charge in [-0.2, -0.15) is 0 Å². The maximum Gasteiger partial charge on any atom is 0.396 e. The summed E-state index contributed by atoms with van der Waals surface area (Å²) in [5, 5.41) is 2.60. The van der Waals surface area contributed by atoms with Gasteiger partial charge in [0.25, 0.3) is 0 Å². The van der Waals surface area contributed by atoms with Crippen LogP contribution in [0.4, 0.5) is 0 Å². The molecule has 2 amide bonds. The van der Waals surface area contributed by atoms with Crippen LogP contribution in [0.3, 0.4) is 0 Å². The topological polar surface area (TPSA) is 75.7 Å². The Kier molecular flexibility index (Phi) is 3.44. The lowest BCUT2D eigenvalue weighted by Gasteiger charge is -2.16. The van der Waals surface area contributed by atoms with Gasteiger partial charge in [-0.15, -0.1) is 0 Å². The summed E-state index contributed by atoms with van der Waals surface area (Å²) in [5.41, 5.74) is 0. The molecule has 1 rings (SSSR count). The quantitative estimate of drug-likeness (QED) is 0.382. The summed E-state index contributed by atoms with van der Waals surface area (Å²) >= 11 is 0. The molecule has 0 unspecified atom stereocenters. The third-order valence-corrected chi connectivity index (χ3v) is 1.91. The predicted molar refractivity (Wildman–Crippen MR) is 46.2 cm³/mol. The van der Waals surface area contributed by atoms with E-state index < -0.39 is 11.9 Å². The molecule has 0 aliphatic carbocycles. The van der Waals surface area contributed by atoms with Crippen LogP contribution in [-0.2, 0) is 19.1 Å². The van der Waals surface area contributed by atoms with Gasteiger partial charge in [-0.25, -0.2) is 4.79 Å². The summed E-state index contributed by atoms with van der Waals surface area (Å²) in [4.78, 5) is 34.4. The van der Waals surface area contributed by atoms with Crippen LogP contribution < -0.4 is 5.32 Å². The highest BCUT2D eigenvalue weighted by atomic mass is 16.5. The van der Waals surface area contributed by atoms with Crippen molar-refractivity contribution in [1.82, 2.24) is 10.2 Å². The van der Waals surface area contributed by atoms with E-state index in [1.54, 1.807) is 0 Å². The maximum absolute atomic E-state index is 11.3. The van der Waals surface area contributed by atoms with Gasteiger partial charge >= 0.3 is 11.9 Å². The largest absolute Gasteiger partial charge is 0.462 e. The molecular formula is C8H12N2O4. The van der Waals surface area contributed by atoms with Crippen molar-refractivity contribution in [2.75, 3.05) is 26.7 Å². The molecule has 0 aromatic carbocycles. The fourth-order valence-electron chi connectivity index (χ4n) is 1.20. The van der Waals surface area contributed by atoms with Gasteiger partial charge in [0.05, 0.1) is 7.11 Å². The number of esters is 1. The number of methoxy groups -OCH3 is 1. The Balaban J connectivity index is 2.61. The van der Waals surface area contributed by atoms with Crippen LogP contribution in [0.1, 0.15) is 6.42 Å². The van der Waals surface area contributed by atoms with E-state index in [2.05, 4.69) is 10.1 Å². The second-order valence-electron chi connectivity index (χ2n) is 2.92. The molecule has 0 aromatic rings. The highest BCUT2D eigenvalue weighted by Crippen LogP contribution is 1.98. The molecule has 0 radical (unpaired) electrons. The zero-order valence-electron chi connectivity index (χ0n) is 7.91. The first-order valence-electron chi connectivity index (χ1n) is 4.29. The highest BCUT2D eigenvalue weighted by Gasteiger charge is 2.25. The van der Waals surface area contributed by atoms with Gasteiger partial charge in [-0.3, -0.25) is 9.59 Å². The number of hydrogen-bond acceptors (Lipinski definition) is 4. The Morgan fingerprint density at radius 3 is 2.86 bits per heavy atom. The van der Waals surface area contributed by atoms with Gasteiger partial charge in [0.15, 0.2) is 0 Å². The summed E-state index contributed by atoms with van der Waals surface area (Å²) in [7, 11) is 1.14. The lowest BCUT2D eigenvalue weighted by molar-refractivity contribution is -0.158. The number of nitrogens with one attached hydrogen (secondary N) is 1. The number of rotatable bonds is 0. The Morgan fingerprint density at radius 1 is 1.50 bits per heavy atom. The minimum Gasteiger partial charge on any atom is -0.462 e. The van der Waals surface area contributed by atoms with E-state index in [0.29, 0.717) is 19.5 Å². The van der Waals surface area contributed by atoms with Gasteiger partial charge < -0.3 is 15.0 Å². The average molecular weight is 200 g/mol. The van der Waals surface area contributed by atoms with Crippen molar-refractivity contribution in [1.29, 1.82) is 0 Å². The normalized spacial score (nSPS) is 16.9. The van der Waals surface area contributed by atoms with E-state index in [4.69, 9.17) is 0 Å².